The van der Waals surface area contributed by atoms with Gasteiger partial charge >= 0.3 is 11.9 Å². The van der Waals surface area contributed by atoms with Crippen molar-refractivity contribution in [2.24, 2.45) is 0 Å². The molecule has 0 radical (unpaired) electrons. The molecule has 0 unspecified atom stereocenters. The molecule has 100 valence electrons. The topological polar surface area (TPSA) is 86.6 Å². The number of anilines is 2. The maximum Gasteiger partial charge on any atom is 0.336 e. The predicted molar refractivity (Wildman–Crippen MR) is 74.2 cm³/mol. The molecule has 0 bridgehead atoms. The Morgan fingerprint density at radius 3 is 2.50 bits per heavy atom. The number of rotatable bonds is 2. The number of carboxylic acid groups (broad SMARTS) is 2. The van der Waals surface area contributed by atoms with Gasteiger partial charge in [0.05, 0.1) is 27.4 Å². The molecule has 0 spiro atoms. The molecule has 0 aliphatic carbocycles. The lowest BCUT2D eigenvalue weighted by molar-refractivity contribution is 0.0684. The van der Waals surface area contributed by atoms with Crippen molar-refractivity contribution in [2.75, 3.05) is 5.32 Å². The van der Waals surface area contributed by atoms with Crippen molar-refractivity contribution < 1.29 is 19.8 Å². The van der Waals surface area contributed by atoms with Crippen LogP contribution in [-0.4, -0.2) is 22.2 Å². The summed E-state index contributed by atoms with van der Waals surface area (Å²) in [5.41, 5.74) is 1.76. The number of fused-ring (bicyclic) bond motifs is 2. The molecule has 2 aromatic rings. The van der Waals surface area contributed by atoms with Crippen LogP contribution >= 0.6 is 11.8 Å². The molecule has 1 heterocycles. The number of carbonyl (C=O) groups is 2. The molecule has 0 saturated heterocycles. The summed E-state index contributed by atoms with van der Waals surface area (Å²) in [6.45, 7) is 0. The quantitative estimate of drug-likeness (QED) is 0.670. The van der Waals surface area contributed by atoms with E-state index in [2.05, 4.69) is 5.32 Å². The lowest BCUT2D eigenvalue weighted by Gasteiger charge is -2.22. The molecule has 0 saturated carbocycles. The highest BCUT2D eigenvalue weighted by Gasteiger charge is 2.22. The average Bonchev–Trinajstić information content (AvgIpc) is 2.43. The molecule has 0 amide bonds. The Kier molecular flexibility index (Phi) is 2.87. The Balaban J connectivity index is 2.08. The van der Waals surface area contributed by atoms with Crippen LogP contribution in [-0.2, 0) is 0 Å². The summed E-state index contributed by atoms with van der Waals surface area (Å²) >= 11 is 1.32. The lowest BCUT2D eigenvalue weighted by Crippen LogP contribution is -2.07. The highest BCUT2D eigenvalue weighted by atomic mass is 32.2. The number of hydrogen-bond donors (Lipinski definition) is 3. The van der Waals surface area contributed by atoms with Gasteiger partial charge in [-0.25, -0.2) is 9.59 Å². The first-order chi connectivity index (χ1) is 9.56. The summed E-state index contributed by atoms with van der Waals surface area (Å²) in [4.78, 5) is 23.6. The standard InChI is InChI=1S/C14H9NO4S/c16-13(17)7-4-5-11-10(6-7)15-9-3-1-2-8(14(18)19)12(9)20-11/h1-6,15H,(H,16,17)(H,18,19). The third kappa shape index (κ3) is 2.00. The van der Waals surface area contributed by atoms with Crippen LogP contribution in [0.5, 0.6) is 0 Å². The van der Waals surface area contributed by atoms with Crippen LogP contribution < -0.4 is 5.32 Å². The molecule has 3 N–H and O–H groups in total. The molecule has 3 rings (SSSR count). The summed E-state index contributed by atoms with van der Waals surface area (Å²) in [5, 5.41) is 21.3. The molecular weight excluding hydrogens is 278 g/mol. The van der Waals surface area contributed by atoms with E-state index in [1.54, 1.807) is 30.3 Å². The zero-order valence-electron chi connectivity index (χ0n) is 10.1. The normalized spacial score (nSPS) is 12.0. The van der Waals surface area contributed by atoms with Gasteiger partial charge in [0, 0.05) is 4.90 Å². The second kappa shape index (κ2) is 4.57. The van der Waals surface area contributed by atoms with Crippen LogP contribution in [0.15, 0.2) is 46.2 Å². The maximum atomic E-state index is 11.2. The average molecular weight is 287 g/mol. The Bertz CT molecular complexity index is 742. The zero-order valence-corrected chi connectivity index (χ0v) is 10.9. The molecule has 5 nitrogen and oxygen atoms in total. The van der Waals surface area contributed by atoms with Crippen molar-refractivity contribution in [3.63, 3.8) is 0 Å². The van der Waals surface area contributed by atoms with Gasteiger partial charge in [-0.3, -0.25) is 0 Å². The first kappa shape index (κ1) is 12.6. The fraction of sp³-hybridized carbons (Fsp3) is 0. The van der Waals surface area contributed by atoms with E-state index in [0.717, 1.165) is 4.90 Å². The highest BCUT2D eigenvalue weighted by Crippen LogP contribution is 2.45. The van der Waals surface area contributed by atoms with Crippen LogP contribution in [0, 0.1) is 0 Å². The number of benzene rings is 2. The summed E-state index contributed by atoms with van der Waals surface area (Å²) in [6.07, 6.45) is 0. The minimum absolute atomic E-state index is 0.190. The number of hydrogen-bond acceptors (Lipinski definition) is 4. The van der Waals surface area contributed by atoms with Crippen LogP contribution in [0.2, 0.25) is 0 Å². The van der Waals surface area contributed by atoms with Crippen LogP contribution in [0.4, 0.5) is 11.4 Å². The number of aromatic carboxylic acids is 2. The van der Waals surface area contributed by atoms with E-state index in [-0.39, 0.29) is 11.1 Å². The summed E-state index contributed by atoms with van der Waals surface area (Å²) in [7, 11) is 0. The van der Waals surface area contributed by atoms with E-state index in [1.165, 1.54) is 17.8 Å². The molecule has 0 atom stereocenters. The fourth-order valence-corrected chi connectivity index (χ4v) is 3.09. The minimum atomic E-state index is -0.996. The van der Waals surface area contributed by atoms with Gasteiger partial charge in [-0.05, 0) is 30.3 Å². The van der Waals surface area contributed by atoms with E-state index in [0.29, 0.717) is 16.3 Å². The van der Waals surface area contributed by atoms with Gasteiger partial charge in [-0.1, -0.05) is 17.8 Å². The Hall–Kier alpha value is -2.47. The lowest BCUT2D eigenvalue weighted by atomic mass is 10.1. The highest BCUT2D eigenvalue weighted by molar-refractivity contribution is 7.99. The summed E-state index contributed by atoms with van der Waals surface area (Å²) < 4.78 is 0. The Labute approximate surface area is 118 Å². The minimum Gasteiger partial charge on any atom is -0.478 e. The van der Waals surface area contributed by atoms with E-state index in [1.807, 2.05) is 0 Å². The molecule has 0 aromatic heterocycles. The molecule has 20 heavy (non-hydrogen) atoms. The van der Waals surface area contributed by atoms with Gasteiger partial charge in [-0.2, -0.15) is 0 Å². The molecule has 1 aliphatic rings. The van der Waals surface area contributed by atoms with Gasteiger partial charge in [-0.15, -0.1) is 0 Å². The van der Waals surface area contributed by atoms with Crippen molar-refractivity contribution in [1.29, 1.82) is 0 Å². The Morgan fingerprint density at radius 2 is 1.80 bits per heavy atom. The van der Waals surface area contributed by atoms with E-state index < -0.39 is 11.9 Å². The predicted octanol–water partition coefficient (Wildman–Crippen LogP) is 3.29. The van der Waals surface area contributed by atoms with Gasteiger partial charge < -0.3 is 15.5 Å². The van der Waals surface area contributed by atoms with Crippen LogP contribution in [0.25, 0.3) is 0 Å². The Morgan fingerprint density at radius 1 is 1.00 bits per heavy atom. The largest absolute Gasteiger partial charge is 0.478 e. The first-order valence-electron chi connectivity index (χ1n) is 5.75. The first-order valence-corrected chi connectivity index (χ1v) is 6.56. The fourth-order valence-electron chi connectivity index (χ4n) is 2.02. The second-order valence-electron chi connectivity index (χ2n) is 4.23. The van der Waals surface area contributed by atoms with Crippen molar-refractivity contribution in [1.82, 2.24) is 0 Å². The number of carboxylic acids is 2. The van der Waals surface area contributed by atoms with Gasteiger partial charge in [0.1, 0.15) is 0 Å². The van der Waals surface area contributed by atoms with Crippen molar-refractivity contribution in [3.05, 3.63) is 47.5 Å². The monoisotopic (exact) mass is 287 g/mol. The van der Waals surface area contributed by atoms with Crippen molar-refractivity contribution >= 4 is 35.1 Å². The maximum absolute atomic E-state index is 11.2. The van der Waals surface area contributed by atoms with E-state index >= 15 is 0 Å². The van der Waals surface area contributed by atoms with Crippen molar-refractivity contribution in [3.8, 4) is 0 Å². The molecule has 1 aliphatic heterocycles. The molecule has 2 aromatic carbocycles. The summed E-state index contributed by atoms with van der Waals surface area (Å²) in [5.74, 6) is -1.98. The smallest absolute Gasteiger partial charge is 0.336 e. The SMILES string of the molecule is O=C(O)c1ccc2c(c1)Nc1cccc(C(=O)O)c1S2. The second-order valence-corrected chi connectivity index (χ2v) is 5.28. The van der Waals surface area contributed by atoms with E-state index in [4.69, 9.17) is 5.11 Å². The zero-order chi connectivity index (χ0) is 14.3. The van der Waals surface area contributed by atoms with Crippen LogP contribution in [0.3, 0.4) is 0 Å². The molecule has 0 fully saturated rings. The molecule has 6 heteroatoms. The molecular formula is C14H9NO4S. The van der Waals surface area contributed by atoms with Gasteiger partial charge in [0.15, 0.2) is 0 Å². The van der Waals surface area contributed by atoms with Gasteiger partial charge in [0.25, 0.3) is 0 Å². The van der Waals surface area contributed by atoms with Gasteiger partial charge in [0.2, 0.25) is 0 Å². The number of nitrogens with one attached hydrogen (secondary N) is 1. The van der Waals surface area contributed by atoms with Crippen molar-refractivity contribution in [2.45, 2.75) is 9.79 Å². The van der Waals surface area contributed by atoms with Crippen LogP contribution in [0.1, 0.15) is 20.7 Å². The summed E-state index contributed by atoms with van der Waals surface area (Å²) in [6, 6.07) is 9.70. The third-order valence-electron chi connectivity index (χ3n) is 2.95. The third-order valence-corrected chi connectivity index (χ3v) is 4.17. The van der Waals surface area contributed by atoms with E-state index in [9.17, 15) is 14.7 Å².